The molecular weight excluding hydrogens is 260 g/mol. The van der Waals surface area contributed by atoms with Crippen LogP contribution in [0.15, 0.2) is 24.3 Å². The quantitative estimate of drug-likeness (QED) is 0.470. The molecule has 2 rings (SSSR count). The first-order valence-electron chi connectivity index (χ1n) is 6.25. The smallest absolute Gasteiger partial charge is 0.341 e. The van der Waals surface area contributed by atoms with Gasteiger partial charge < -0.3 is 18.9 Å². The average molecular weight is 278 g/mol. The summed E-state index contributed by atoms with van der Waals surface area (Å²) in [6, 6.07) is 3.44. The minimum atomic E-state index is -0.447. The van der Waals surface area contributed by atoms with Crippen LogP contribution in [0, 0.1) is 0 Å². The SMILES string of the molecule is C=C(C)C1Cc2cc(C(=O)OC)c(OCOC)cc2O1. The van der Waals surface area contributed by atoms with Crippen molar-refractivity contribution in [3.05, 3.63) is 35.4 Å². The summed E-state index contributed by atoms with van der Waals surface area (Å²) in [6.45, 7) is 5.86. The van der Waals surface area contributed by atoms with Gasteiger partial charge in [-0.2, -0.15) is 0 Å². The van der Waals surface area contributed by atoms with E-state index in [9.17, 15) is 4.79 Å². The van der Waals surface area contributed by atoms with Gasteiger partial charge in [-0.15, -0.1) is 0 Å². The van der Waals surface area contributed by atoms with E-state index in [0.717, 1.165) is 11.1 Å². The molecule has 0 amide bonds. The maximum Gasteiger partial charge on any atom is 0.341 e. The molecule has 1 heterocycles. The lowest BCUT2D eigenvalue weighted by Gasteiger charge is -2.12. The van der Waals surface area contributed by atoms with Gasteiger partial charge >= 0.3 is 5.97 Å². The van der Waals surface area contributed by atoms with Crippen LogP contribution in [0.1, 0.15) is 22.8 Å². The molecule has 0 spiro atoms. The van der Waals surface area contributed by atoms with Crippen molar-refractivity contribution in [2.24, 2.45) is 0 Å². The van der Waals surface area contributed by atoms with Gasteiger partial charge in [0.15, 0.2) is 6.79 Å². The summed E-state index contributed by atoms with van der Waals surface area (Å²) >= 11 is 0. The van der Waals surface area contributed by atoms with E-state index < -0.39 is 5.97 Å². The van der Waals surface area contributed by atoms with Crippen LogP contribution in [0.3, 0.4) is 0 Å². The molecule has 0 aromatic heterocycles. The van der Waals surface area contributed by atoms with Gasteiger partial charge in [0.2, 0.25) is 0 Å². The van der Waals surface area contributed by atoms with Crippen molar-refractivity contribution in [1.82, 2.24) is 0 Å². The van der Waals surface area contributed by atoms with Gasteiger partial charge in [0.25, 0.3) is 0 Å². The molecule has 1 aliphatic heterocycles. The summed E-state index contributed by atoms with van der Waals surface area (Å²) < 4.78 is 20.8. The fraction of sp³-hybridized carbons (Fsp3) is 0.400. The number of esters is 1. The highest BCUT2D eigenvalue weighted by molar-refractivity contribution is 5.93. The summed E-state index contributed by atoms with van der Waals surface area (Å²) in [6.07, 6.45) is 0.632. The van der Waals surface area contributed by atoms with E-state index in [4.69, 9.17) is 18.9 Å². The van der Waals surface area contributed by atoms with Crippen molar-refractivity contribution >= 4 is 5.97 Å². The van der Waals surface area contributed by atoms with E-state index in [-0.39, 0.29) is 12.9 Å². The van der Waals surface area contributed by atoms with Crippen molar-refractivity contribution in [3.63, 3.8) is 0 Å². The first kappa shape index (κ1) is 14.4. The largest absolute Gasteiger partial charge is 0.485 e. The van der Waals surface area contributed by atoms with Crippen LogP contribution in [-0.2, 0) is 15.9 Å². The molecule has 1 aromatic rings. The highest BCUT2D eigenvalue weighted by atomic mass is 16.7. The topological polar surface area (TPSA) is 54.0 Å². The standard InChI is InChI=1S/C15H18O5/c1-9(2)12-6-10-5-11(15(16)18-4)14(19-8-17-3)7-13(10)20-12/h5,7,12H,1,6,8H2,2-4H3. The maximum atomic E-state index is 11.8. The third-order valence-electron chi connectivity index (χ3n) is 3.12. The summed E-state index contributed by atoms with van der Waals surface area (Å²) in [7, 11) is 2.85. The Hall–Kier alpha value is -2.01. The van der Waals surface area contributed by atoms with Gasteiger partial charge in [-0.25, -0.2) is 4.79 Å². The van der Waals surface area contributed by atoms with Crippen LogP contribution in [0.5, 0.6) is 11.5 Å². The lowest BCUT2D eigenvalue weighted by atomic mass is 10.0. The van der Waals surface area contributed by atoms with E-state index in [1.165, 1.54) is 14.2 Å². The Morgan fingerprint density at radius 1 is 1.45 bits per heavy atom. The molecule has 0 radical (unpaired) electrons. The molecule has 0 fully saturated rings. The van der Waals surface area contributed by atoms with Gasteiger partial charge in [0.05, 0.1) is 7.11 Å². The zero-order chi connectivity index (χ0) is 14.7. The number of hydrogen-bond donors (Lipinski definition) is 0. The normalized spacial score (nSPS) is 16.2. The molecular formula is C15H18O5. The second-order valence-corrected chi connectivity index (χ2v) is 4.66. The summed E-state index contributed by atoms with van der Waals surface area (Å²) in [4.78, 5) is 11.8. The van der Waals surface area contributed by atoms with Crippen LogP contribution in [-0.4, -0.2) is 33.1 Å². The van der Waals surface area contributed by atoms with Crippen LogP contribution < -0.4 is 9.47 Å². The minimum Gasteiger partial charge on any atom is -0.485 e. The van der Waals surface area contributed by atoms with Crippen LogP contribution in [0.25, 0.3) is 0 Å². The summed E-state index contributed by atoms with van der Waals surface area (Å²) in [5.41, 5.74) is 2.26. The first-order chi connectivity index (χ1) is 9.56. The van der Waals surface area contributed by atoms with Gasteiger partial charge in [-0.1, -0.05) is 6.58 Å². The van der Waals surface area contributed by atoms with Crippen molar-refractivity contribution < 1.29 is 23.7 Å². The van der Waals surface area contributed by atoms with Crippen LogP contribution >= 0.6 is 0 Å². The summed E-state index contributed by atoms with van der Waals surface area (Å²) in [5, 5.41) is 0. The third kappa shape index (κ3) is 2.77. The average Bonchev–Trinajstić information content (AvgIpc) is 2.86. The van der Waals surface area contributed by atoms with Gasteiger partial charge in [0, 0.05) is 19.6 Å². The van der Waals surface area contributed by atoms with Gasteiger partial charge in [-0.3, -0.25) is 0 Å². The van der Waals surface area contributed by atoms with E-state index in [0.29, 0.717) is 23.5 Å². The molecule has 0 saturated heterocycles. The number of benzene rings is 1. The molecule has 0 saturated carbocycles. The molecule has 108 valence electrons. The third-order valence-corrected chi connectivity index (χ3v) is 3.12. The lowest BCUT2D eigenvalue weighted by molar-refractivity contribution is 0.0463. The Labute approximate surface area is 118 Å². The van der Waals surface area contributed by atoms with Gasteiger partial charge in [0.1, 0.15) is 23.2 Å². The minimum absolute atomic E-state index is 0.0483. The Morgan fingerprint density at radius 2 is 2.20 bits per heavy atom. The predicted molar refractivity (Wildman–Crippen MR) is 73.2 cm³/mol. The Kier molecular flexibility index (Phi) is 4.29. The molecule has 1 atom stereocenters. The Bertz CT molecular complexity index is 535. The molecule has 1 aromatic carbocycles. The lowest BCUT2D eigenvalue weighted by Crippen LogP contribution is -2.13. The number of ether oxygens (including phenoxy) is 4. The van der Waals surface area contributed by atoms with E-state index in [1.807, 2.05) is 6.92 Å². The molecule has 1 unspecified atom stereocenters. The predicted octanol–water partition coefficient (Wildman–Crippen LogP) is 2.34. The zero-order valence-corrected chi connectivity index (χ0v) is 11.9. The zero-order valence-electron chi connectivity index (χ0n) is 11.9. The van der Waals surface area contributed by atoms with E-state index in [2.05, 4.69) is 6.58 Å². The van der Waals surface area contributed by atoms with Gasteiger partial charge in [-0.05, 0) is 24.1 Å². The van der Waals surface area contributed by atoms with Crippen molar-refractivity contribution in [3.8, 4) is 11.5 Å². The number of hydrogen-bond acceptors (Lipinski definition) is 5. The molecule has 0 bridgehead atoms. The van der Waals surface area contributed by atoms with Crippen LogP contribution in [0.4, 0.5) is 0 Å². The molecule has 0 N–H and O–H groups in total. The van der Waals surface area contributed by atoms with E-state index >= 15 is 0 Å². The Morgan fingerprint density at radius 3 is 2.80 bits per heavy atom. The number of carbonyl (C=O) groups is 1. The number of rotatable bonds is 5. The van der Waals surface area contributed by atoms with Crippen molar-refractivity contribution in [1.29, 1.82) is 0 Å². The fourth-order valence-electron chi connectivity index (χ4n) is 2.06. The van der Waals surface area contributed by atoms with Crippen molar-refractivity contribution in [2.45, 2.75) is 19.4 Å². The second-order valence-electron chi connectivity index (χ2n) is 4.66. The Balaban J connectivity index is 2.35. The number of fused-ring (bicyclic) bond motifs is 1. The maximum absolute atomic E-state index is 11.8. The molecule has 5 nitrogen and oxygen atoms in total. The fourth-order valence-corrected chi connectivity index (χ4v) is 2.06. The molecule has 20 heavy (non-hydrogen) atoms. The van der Waals surface area contributed by atoms with E-state index in [1.54, 1.807) is 12.1 Å². The molecule has 1 aliphatic rings. The van der Waals surface area contributed by atoms with Crippen LogP contribution in [0.2, 0.25) is 0 Å². The summed E-state index contributed by atoms with van der Waals surface area (Å²) in [5.74, 6) is 0.647. The second kappa shape index (κ2) is 5.96. The monoisotopic (exact) mass is 278 g/mol. The highest BCUT2D eigenvalue weighted by Crippen LogP contribution is 2.37. The number of carbonyl (C=O) groups excluding carboxylic acids is 1. The molecule has 5 heteroatoms. The first-order valence-corrected chi connectivity index (χ1v) is 6.25. The van der Waals surface area contributed by atoms with Crippen molar-refractivity contribution in [2.75, 3.05) is 21.0 Å². The number of methoxy groups -OCH3 is 2. The molecule has 0 aliphatic carbocycles. The highest BCUT2D eigenvalue weighted by Gasteiger charge is 2.27.